The van der Waals surface area contributed by atoms with Gasteiger partial charge < -0.3 is 10.2 Å². The number of nitrogens with zero attached hydrogens (tertiary/aromatic N) is 2. The van der Waals surface area contributed by atoms with Crippen molar-refractivity contribution in [2.24, 2.45) is 4.99 Å². The molecule has 144 valence electrons. The first-order valence-electron chi connectivity index (χ1n) is 7.97. The average molecular weight is 486 g/mol. The first kappa shape index (κ1) is 23.9. The van der Waals surface area contributed by atoms with Gasteiger partial charge in [0.25, 0.3) is 0 Å². The zero-order valence-corrected chi connectivity index (χ0v) is 18.3. The summed E-state index contributed by atoms with van der Waals surface area (Å²) in [4.78, 5) is 6.09. The van der Waals surface area contributed by atoms with E-state index in [9.17, 15) is 12.8 Å². The molecule has 0 bridgehead atoms. The maximum atomic E-state index is 13.5. The zero-order chi connectivity index (χ0) is 18.2. The van der Waals surface area contributed by atoms with Crippen LogP contribution in [0.25, 0.3) is 0 Å². The number of nitrogens with one attached hydrogen (secondary N) is 2. The van der Waals surface area contributed by atoms with E-state index in [-0.39, 0.29) is 42.0 Å². The maximum Gasteiger partial charge on any atom is 0.234 e. The monoisotopic (exact) mass is 486 g/mol. The molecule has 0 atom stereocenters. The lowest BCUT2D eigenvalue weighted by molar-refractivity contribution is 0.466. The van der Waals surface area contributed by atoms with Gasteiger partial charge in [0.05, 0.1) is 11.4 Å². The first-order valence-corrected chi connectivity index (χ1v) is 9.62. The maximum absolute atomic E-state index is 13.5. The molecule has 1 aromatic carbocycles. The van der Waals surface area contributed by atoms with Crippen LogP contribution < -0.4 is 10.0 Å². The van der Waals surface area contributed by atoms with Gasteiger partial charge in [0, 0.05) is 27.2 Å². The molecule has 0 aliphatic heterocycles. The number of aliphatic imine (C=N–C) groups is 1. The van der Waals surface area contributed by atoms with E-state index in [2.05, 4.69) is 22.0 Å². The Morgan fingerprint density at radius 1 is 1.36 bits per heavy atom. The van der Waals surface area contributed by atoms with Gasteiger partial charge in [-0.25, -0.2) is 12.8 Å². The van der Waals surface area contributed by atoms with Gasteiger partial charge in [-0.1, -0.05) is 19.4 Å². The van der Waals surface area contributed by atoms with E-state index in [4.69, 9.17) is 0 Å². The highest BCUT2D eigenvalue weighted by Crippen LogP contribution is 2.14. The highest BCUT2D eigenvalue weighted by Gasteiger charge is 2.12. The van der Waals surface area contributed by atoms with Crippen LogP contribution in [0.2, 0.25) is 0 Å². The minimum Gasteiger partial charge on any atom is -0.355 e. The number of rotatable bonds is 8. The van der Waals surface area contributed by atoms with E-state index < -0.39 is 15.8 Å². The van der Waals surface area contributed by atoms with Gasteiger partial charge in [-0.05, 0) is 31.0 Å². The zero-order valence-electron chi connectivity index (χ0n) is 15.2. The van der Waals surface area contributed by atoms with E-state index in [0.29, 0.717) is 11.5 Å². The van der Waals surface area contributed by atoms with Crippen molar-refractivity contribution in [1.29, 1.82) is 0 Å². The van der Waals surface area contributed by atoms with Gasteiger partial charge in [-0.2, -0.15) is 0 Å². The van der Waals surface area contributed by atoms with Crippen molar-refractivity contribution >= 4 is 45.6 Å². The number of halogens is 2. The smallest absolute Gasteiger partial charge is 0.234 e. The third kappa shape index (κ3) is 8.70. The highest BCUT2D eigenvalue weighted by atomic mass is 127. The Kier molecular flexibility index (Phi) is 11.0. The topological polar surface area (TPSA) is 73.8 Å². The van der Waals surface area contributed by atoms with Crippen LogP contribution in [0.15, 0.2) is 23.2 Å². The van der Waals surface area contributed by atoms with Crippen molar-refractivity contribution in [2.45, 2.75) is 26.7 Å². The summed E-state index contributed by atoms with van der Waals surface area (Å²) in [5.74, 6) is 0.0784. The molecular formula is C16H28FIN4O2S. The minimum absolute atomic E-state index is 0. The standard InChI is InChI=1S/C16H27FN4O2S.HI/c1-5-6-10-21(4)16(18-3)19-9-11-24(22,23)20-14-8-7-13(2)15(17)12-14;/h7-8,12,20H,5-6,9-11H2,1-4H3,(H,18,19);1H. The normalized spacial score (nSPS) is 11.6. The van der Waals surface area contributed by atoms with Gasteiger partial charge >= 0.3 is 0 Å². The number of benzene rings is 1. The Bertz CT molecular complexity index is 668. The lowest BCUT2D eigenvalue weighted by Crippen LogP contribution is -2.41. The summed E-state index contributed by atoms with van der Waals surface area (Å²) in [6, 6.07) is 4.26. The first-order chi connectivity index (χ1) is 11.3. The molecule has 0 aromatic heterocycles. The molecule has 6 nitrogen and oxygen atoms in total. The lowest BCUT2D eigenvalue weighted by Gasteiger charge is -2.21. The number of hydrogen-bond acceptors (Lipinski definition) is 3. The molecule has 2 N–H and O–H groups in total. The number of guanidine groups is 1. The van der Waals surface area contributed by atoms with Gasteiger partial charge in [0.15, 0.2) is 5.96 Å². The number of unbranched alkanes of at least 4 members (excludes halogenated alkanes) is 1. The summed E-state index contributed by atoms with van der Waals surface area (Å²) in [7, 11) is 0.00542. The molecule has 0 aliphatic rings. The summed E-state index contributed by atoms with van der Waals surface area (Å²) < 4.78 is 40.0. The predicted octanol–water partition coefficient (Wildman–Crippen LogP) is 2.80. The summed E-state index contributed by atoms with van der Waals surface area (Å²) in [6.07, 6.45) is 2.11. The summed E-state index contributed by atoms with van der Waals surface area (Å²) in [5, 5.41) is 3.02. The molecular weight excluding hydrogens is 458 g/mol. The average Bonchev–Trinajstić information content (AvgIpc) is 2.52. The number of aryl methyl sites for hydroxylation is 1. The molecule has 25 heavy (non-hydrogen) atoms. The van der Waals surface area contributed by atoms with Crippen LogP contribution in [-0.4, -0.2) is 52.2 Å². The van der Waals surface area contributed by atoms with Crippen molar-refractivity contribution in [3.05, 3.63) is 29.6 Å². The fraction of sp³-hybridized carbons (Fsp3) is 0.562. The third-order valence-electron chi connectivity index (χ3n) is 3.52. The second-order valence-electron chi connectivity index (χ2n) is 5.63. The highest BCUT2D eigenvalue weighted by molar-refractivity contribution is 14.0. The second-order valence-corrected chi connectivity index (χ2v) is 7.48. The predicted molar refractivity (Wildman–Crippen MR) is 113 cm³/mol. The van der Waals surface area contributed by atoms with Gasteiger partial charge in [-0.15, -0.1) is 24.0 Å². The molecule has 0 heterocycles. The van der Waals surface area contributed by atoms with Crippen molar-refractivity contribution in [1.82, 2.24) is 10.2 Å². The molecule has 0 saturated carbocycles. The molecule has 9 heteroatoms. The van der Waals surface area contributed by atoms with Crippen LogP contribution in [0.4, 0.5) is 10.1 Å². The number of anilines is 1. The summed E-state index contributed by atoms with van der Waals surface area (Å²) in [6.45, 7) is 4.80. The number of hydrogen-bond donors (Lipinski definition) is 2. The van der Waals surface area contributed by atoms with Crippen molar-refractivity contribution < 1.29 is 12.8 Å². The van der Waals surface area contributed by atoms with Crippen LogP contribution in [-0.2, 0) is 10.0 Å². The van der Waals surface area contributed by atoms with Gasteiger partial charge in [-0.3, -0.25) is 9.71 Å². The minimum atomic E-state index is -3.56. The van der Waals surface area contributed by atoms with E-state index in [1.54, 1.807) is 20.0 Å². The molecule has 0 saturated heterocycles. The van der Waals surface area contributed by atoms with Gasteiger partial charge in [0.1, 0.15) is 5.82 Å². The molecule has 0 fully saturated rings. The fourth-order valence-electron chi connectivity index (χ4n) is 2.07. The van der Waals surface area contributed by atoms with E-state index in [1.807, 2.05) is 11.9 Å². The summed E-state index contributed by atoms with van der Waals surface area (Å²) >= 11 is 0. The second kappa shape index (κ2) is 11.5. The third-order valence-corrected chi connectivity index (χ3v) is 4.81. The van der Waals surface area contributed by atoms with Crippen LogP contribution >= 0.6 is 24.0 Å². The molecule has 0 aliphatic carbocycles. The van der Waals surface area contributed by atoms with Crippen LogP contribution in [0.1, 0.15) is 25.3 Å². The lowest BCUT2D eigenvalue weighted by atomic mass is 10.2. The Balaban J connectivity index is 0.00000576. The number of sulfonamides is 1. The molecule has 0 radical (unpaired) electrons. The van der Waals surface area contributed by atoms with Crippen LogP contribution in [0.3, 0.4) is 0 Å². The molecule has 0 spiro atoms. The summed E-state index contributed by atoms with van der Waals surface area (Å²) in [5.41, 5.74) is 0.695. The van der Waals surface area contributed by atoms with E-state index in [0.717, 1.165) is 19.4 Å². The molecule has 1 aromatic rings. The van der Waals surface area contributed by atoms with Gasteiger partial charge in [0.2, 0.25) is 10.0 Å². The Labute approximate surface area is 167 Å². The Morgan fingerprint density at radius 2 is 2.04 bits per heavy atom. The Morgan fingerprint density at radius 3 is 2.60 bits per heavy atom. The quantitative estimate of drug-likeness (QED) is 0.337. The van der Waals surface area contributed by atoms with Crippen LogP contribution in [0.5, 0.6) is 0 Å². The SMILES string of the molecule is CCCCN(C)C(=NC)NCCS(=O)(=O)Nc1ccc(C)c(F)c1.I. The molecule has 0 unspecified atom stereocenters. The molecule has 0 amide bonds. The van der Waals surface area contributed by atoms with Crippen molar-refractivity contribution in [3.63, 3.8) is 0 Å². The molecule has 1 rings (SSSR count). The Hall–Kier alpha value is -1.10. The van der Waals surface area contributed by atoms with E-state index >= 15 is 0 Å². The van der Waals surface area contributed by atoms with Crippen molar-refractivity contribution in [2.75, 3.05) is 37.7 Å². The fourth-order valence-corrected chi connectivity index (χ4v) is 3.03. The van der Waals surface area contributed by atoms with Crippen molar-refractivity contribution in [3.8, 4) is 0 Å². The van der Waals surface area contributed by atoms with Crippen LogP contribution in [0, 0.1) is 12.7 Å². The largest absolute Gasteiger partial charge is 0.355 e. The van der Waals surface area contributed by atoms with E-state index in [1.165, 1.54) is 12.1 Å².